The first-order chi connectivity index (χ1) is 10.1. The van der Waals surface area contributed by atoms with Crippen molar-refractivity contribution < 1.29 is 9.53 Å². The van der Waals surface area contributed by atoms with Crippen LogP contribution in [0.2, 0.25) is 0 Å². The minimum atomic E-state index is 0.167. The quantitative estimate of drug-likeness (QED) is 0.849. The summed E-state index contributed by atoms with van der Waals surface area (Å²) in [5.74, 6) is 2.35. The number of para-hydroxylation sites is 1. The fourth-order valence-electron chi connectivity index (χ4n) is 3.76. The van der Waals surface area contributed by atoms with Crippen molar-refractivity contribution in [2.45, 2.75) is 45.1 Å². The van der Waals surface area contributed by atoms with Crippen LogP contribution in [-0.2, 0) is 4.79 Å². The summed E-state index contributed by atoms with van der Waals surface area (Å²) >= 11 is 0. The van der Waals surface area contributed by atoms with Crippen molar-refractivity contribution >= 4 is 5.91 Å². The Morgan fingerprint density at radius 2 is 2.10 bits per heavy atom. The highest BCUT2D eigenvalue weighted by atomic mass is 16.5. The number of amides is 1. The van der Waals surface area contributed by atoms with Gasteiger partial charge < -0.3 is 9.64 Å². The number of ether oxygens (including phenoxy) is 1. The van der Waals surface area contributed by atoms with Crippen LogP contribution >= 0.6 is 0 Å². The summed E-state index contributed by atoms with van der Waals surface area (Å²) in [5.41, 5.74) is 1.19. The van der Waals surface area contributed by atoms with Gasteiger partial charge in [0.1, 0.15) is 5.75 Å². The van der Waals surface area contributed by atoms with Gasteiger partial charge in [-0.1, -0.05) is 32.0 Å². The molecular formula is C18H25NO2. The molecule has 3 atom stereocenters. The third kappa shape index (κ3) is 2.66. The molecule has 21 heavy (non-hydrogen) atoms. The van der Waals surface area contributed by atoms with Gasteiger partial charge in [-0.05, 0) is 42.7 Å². The molecule has 0 aromatic heterocycles. The first kappa shape index (κ1) is 14.4. The lowest BCUT2D eigenvalue weighted by Gasteiger charge is -2.28. The van der Waals surface area contributed by atoms with Gasteiger partial charge in [0.25, 0.3) is 0 Å². The van der Waals surface area contributed by atoms with Crippen LogP contribution in [0.1, 0.15) is 44.6 Å². The fourth-order valence-corrected chi connectivity index (χ4v) is 3.76. The molecule has 2 fully saturated rings. The molecule has 1 saturated carbocycles. The second-order valence-corrected chi connectivity index (χ2v) is 6.68. The van der Waals surface area contributed by atoms with Gasteiger partial charge in [0.15, 0.2) is 0 Å². The lowest BCUT2D eigenvalue weighted by molar-refractivity contribution is -0.134. The Labute approximate surface area is 127 Å². The molecule has 1 aromatic carbocycles. The van der Waals surface area contributed by atoms with Gasteiger partial charge in [-0.2, -0.15) is 0 Å². The number of rotatable bonds is 4. The Morgan fingerprint density at radius 1 is 1.33 bits per heavy atom. The Balaban J connectivity index is 1.71. The monoisotopic (exact) mass is 287 g/mol. The summed E-state index contributed by atoms with van der Waals surface area (Å²) in [7, 11) is 1.70. The predicted molar refractivity (Wildman–Crippen MR) is 83.4 cm³/mol. The van der Waals surface area contributed by atoms with E-state index in [2.05, 4.69) is 24.8 Å². The molecule has 1 aliphatic heterocycles. The van der Waals surface area contributed by atoms with Crippen LogP contribution in [-0.4, -0.2) is 30.5 Å². The average Bonchev–Trinajstić information content (AvgIpc) is 3.13. The number of carbonyl (C=O) groups excluding carboxylic acids is 1. The van der Waals surface area contributed by atoms with Gasteiger partial charge in [0.05, 0.1) is 7.11 Å². The van der Waals surface area contributed by atoms with Crippen molar-refractivity contribution in [2.75, 3.05) is 13.7 Å². The van der Waals surface area contributed by atoms with E-state index in [0.717, 1.165) is 31.6 Å². The van der Waals surface area contributed by atoms with Crippen molar-refractivity contribution in [1.82, 2.24) is 4.90 Å². The van der Waals surface area contributed by atoms with Crippen LogP contribution in [0.25, 0.3) is 0 Å². The average molecular weight is 287 g/mol. The van der Waals surface area contributed by atoms with E-state index < -0.39 is 0 Å². The van der Waals surface area contributed by atoms with Gasteiger partial charge in [0, 0.05) is 18.5 Å². The number of hydrogen-bond donors (Lipinski definition) is 0. The maximum absolute atomic E-state index is 12.8. The highest BCUT2D eigenvalue weighted by molar-refractivity contribution is 5.83. The lowest BCUT2D eigenvalue weighted by Crippen LogP contribution is -2.39. The van der Waals surface area contributed by atoms with Crippen molar-refractivity contribution in [1.29, 1.82) is 0 Å². The first-order valence-corrected chi connectivity index (χ1v) is 8.07. The van der Waals surface area contributed by atoms with E-state index in [4.69, 9.17) is 4.74 Å². The smallest absolute Gasteiger partial charge is 0.226 e. The van der Waals surface area contributed by atoms with Crippen LogP contribution < -0.4 is 4.74 Å². The van der Waals surface area contributed by atoms with Gasteiger partial charge in [0.2, 0.25) is 5.91 Å². The summed E-state index contributed by atoms with van der Waals surface area (Å²) in [6, 6.07) is 8.54. The third-order valence-electron chi connectivity index (χ3n) is 5.00. The van der Waals surface area contributed by atoms with Crippen LogP contribution in [0.4, 0.5) is 0 Å². The van der Waals surface area contributed by atoms with E-state index in [9.17, 15) is 4.79 Å². The van der Waals surface area contributed by atoms with Gasteiger partial charge >= 0.3 is 0 Å². The number of nitrogens with zero attached hydrogens (tertiary/aromatic N) is 1. The summed E-state index contributed by atoms with van der Waals surface area (Å²) in [5, 5.41) is 0. The standard InChI is InChI=1S/C18H25NO2/c1-12(2)16-8-6-10-19(16)18(20)15-11-14(15)13-7-4-5-9-17(13)21-3/h4-5,7,9,12,14-16H,6,8,10-11H2,1-3H3/t14-,15+,16-/m0/s1. The zero-order chi connectivity index (χ0) is 15.0. The van der Waals surface area contributed by atoms with Crippen molar-refractivity contribution in [3.63, 3.8) is 0 Å². The molecule has 3 rings (SSSR count). The van der Waals surface area contributed by atoms with E-state index in [-0.39, 0.29) is 5.92 Å². The Bertz CT molecular complexity index is 526. The number of hydrogen-bond acceptors (Lipinski definition) is 2. The molecule has 3 heteroatoms. The molecule has 1 amide bonds. The zero-order valence-corrected chi connectivity index (χ0v) is 13.2. The van der Waals surface area contributed by atoms with Gasteiger partial charge in [-0.15, -0.1) is 0 Å². The molecule has 114 valence electrons. The largest absolute Gasteiger partial charge is 0.496 e. The maximum Gasteiger partial charge on any atom is 0.226 e. The van der Waals surface area contributed by atoms with Crippen molar-refractivity contribution in [3.8, 4) is 5.75 Å². The SMILES string of the molecule is COc1ccccc1[C@@H]1C[C@H]1C(=O)N1CCC[C@H]1C(C)C. The fraction of sp³-hybridized carbons (Fsp3) is 0.611. The van der Waals surface area contributed by atoms with Crippen LogP contribution in [0, 0.1) is 11.8 Å². The molecule has 1 heterocycles. The molecule has 0 spiro atoms. The number of likely N-dealkylation sites (tertiary alicyclic amines) is 1. The van der Waals surface area contributed by atoms with E-state index in [0.29, 0.717) is 23.8 Å². The molecule has 0 radical (unpaired) electrons. The van der Waals surface area contributed by atoms with Crippen LogP contribution in [0.5, 0.6) is 5.75 Å². The number of methoxy groups -OCH3 is 1. The Morgan fingerprint density at radius 3 is 2.81 bits per heavy atom. The molecule has 1 aromatic rings. The van der Waals surface area contributed by atoms with Crippen molar-refractivity contribution in [3.05, 3.63) is 29.8 Å². The van der Waals surface area contributed by atoms with Crippen LogP contribution in [0.3, 0.4) is 0 Å². The summed E-state index contributed by atoms with van der Waals surface area (Å²) in [6.07, 6.45) is 3.29. The Hall–Kier alpha value is -1.51. The molecule has 1 aliphatic carbocycles. The van der Waals surface area contributed by atoms with Crippen molar-refractivity contribution in [2.24, 2.45) is 11.8 Å². The molecule has 2 aliphatic rings. The predicted octanol–water partition coefficient (Wildman–Crippen LogP) is 3.45. The highest BCUT2D eigenvalue weighted by Crippen LogP contribution is 2.51. The second-order valence-electron chi connectivity index (χ2n) is 6.68. The van der Waals surface area contributed by atoms with E-state index in [1.54, 1.807) is 7.11 Å². The minimum Gasteiger partial charge on any atom is -0.496 e. The van der Waals surface area contributed by atoms with Gasteiger partial charge in [-0.25, -0.2) is 0 Å². The molecule has 3 nitrogen and oxygen atoms in total. The number of benzene rings is 1. The summed E-state index contributed by atoms with van der Waals surface area (Å²) in [6.45, 7) is 5.39. The van der Waals surface area contributed by atoms with E-state index in [1.165, 1.54) is 5.56 Å². The van der Waals surface area contributed by atoms with E-state index >= 15 is 0 Å². The molecular weight excluding hydrogens is 262 g/mol. The normalized spacial score (nSPS) is 28.0. The Kier molecular flexibility index (Phi) is 3.92. The summed E-state index contributed by atoms with van der Waals surface area (Å²) in [4.78, 5) is 14.9. The zero-order valence-electron chi connectivity index (χ0n) is 13.2. The minimum absolute atomic E-state index is 0.167. The molecule has 1 saturated heterocycles. The van der Waals surface area contributed by atoms with E-state index in [1.807, 2.05) is 18.2 Å². The molecule has 0 bridgehead atoms. The lowest BCUT2D eigenvalue weighted by atomic mass is 10.0. The topological polar surface area (TPSA) is 29.5 Å². The highest BCUT2D eigenvalue weighted by Gasteiger charge is 2.48. The second kappa shape index (κ2) is 5.70. The van der Waals surface area contributed by atoms with Gasteiger partial charge in [-0.3, -0.25) is 4.79 Å². The third-order valence-corrected chi connectivity index (χ3v) is 5.00. The summed E-state index contributed by atoms with van der Waals surface area (Å²) < 4.78 is 5.43. The molecule has 0 unspecified atom stereocenters. The number of carbonyl (C=O) groups is 1. The van der Waals surface area contributed by atoms with Crippen LogP contribution in [0.15, 0.2) is 24.3 Å². The molecule has 0 N–H and O–H groups in total. The maximum atomic E-state index is 12.8. The first-order valence-electron chi connectivity index (χ1n) is 8.07.